The molecule has 2 bridgehead atoms. The minimum absolute atomic E-state index is 0.101. The zero-order valence-electron chi connectivity index (χ0n) is 22.1. The quantitative estimate of drug-likeness (QED) is 0.406. The first-order valence-corrected chi connectivity index (χ1v) is 13.3. The molecule has 1 N–H and O–H groups in total. The second kappa shape index (κ2) is 9.88. The van der Waals surface area contributed by atoms with Gasteiger partial charge in [-0.25, -0.2) is 9.98 Å². The number of hydrogen-bond acceptors (Lipinski definition) is 6. The minimum Gasteiger partial charge on any atom is -0.435 e. The van der Waals surface area contributed by atoms with Gasteiger partial charge in [0.15, 0.2) is 0 Å². The van der Waals surface area contributed by atoms with Crippen molar-refractivity contribution in [1.29, 1.82) is 0 Å². The summed E-state index contributed by atoms with van der Waals surface area (Å²) in [5.74, 6) is 0.458. The predicted octanol–water partition coefficient (Wildman–Crippen LogP) is 5.49. The number of morpholine rings is 1. The summed E-state index contributed by atoms with van der Waals surface area (Å²) in [5, 5.41) is 11.3. The summed E-state index contributed by atoms with van der Waals surface area (Å²) in [4.78, 5) is 11.7. The Morgan fingerprint density at radius 2 is 1.97 bits per heavy atom. The van der Waals surface area contributed by atoms with Crippen LogP contribution in [0.3, 0.4) is 0 Å². The van der Waals surface area contributed by atoms with E-state index in [9.17, 15) is 13.9 Å². The van der Waals surface area contributed by atoms with Gasteiger partial charge in [-0.3, -0.25) is 0 Å². The van der Waals surface area contributed by atoms with Crippen molar-refractivity contribution in [3.63, 3.8) is 0 Å². The van der Waals surface area contributed by atoms with Crippen LogP contribution >= 0.6 is 0 Å². The lowest BCUT2D eigenvalue weighted by Crippen LogP contribution is -2.44. The van der Waals surface area contributed by atoms with E-state index in [0.717, 1.165) is 35.5 Å². The third-order valence-corrected chi connectivity index (χ3v) is 8.14. The molecule has 4 heterocycles. The first-order valence-electron chi connectivity index (χ1n) is 13.3. The maximum Gasteiger partial charge on any atom is 0.387 e. The normalized spacial score (nSPS) is 26.7. The van der Waals surface area contributed by atoms with Crippen LogP contribution in [-0.4, -0.2) is 57.5 Å². The highest BCUT2D eigenvalue weighted by Crippen LogP contribution is 2.49. The van der Waals surface area contributed by atoms with Crippen LogP contribution in [0, 0.1) is 0 Å². The van der Waals surface area contributed by atoms with E-state index >= 15 is 0 Å². The zero-order chi connectivity index (χ0) is 27.3. The van der Waals surface area contributed by atoms with E-state index in [1.807, 2.05) is 41.9 Å². The summed E-state index contributed by atoms with van der Waals surface area (Å²) in [6, 6.07) is 11.3. The van der Waals surface area contributed by atoms with Gasteiger partial charge in [-0.15, -0.1) is 0 Å². The zero-order valence-corrected chi connectivity index (χ0v) is 22.1. The van der Waals surface area contributed by atoms with Gasteiger partial charge in [0, 0.05) is 23.9 Å². The molecule has 1 aliphatic carbocycles. The molecule has 2 fully saturated rings. The van der Waals surface area contributed by atoms with Crippen LogP contribution in [0.4, 0.5) is 8.78 Å². The highest BCUT2D eigenvalue weighted by molar-refractivity contribution is 6.10. The van der Waals surface area contributed by atoms with Crippen LogP contribution < -0.4 is 4.74 Å². The fraction of sp³-hybridized carbons (Fsp3) is 0.400. The number of alkyl halides is 2. The van der Waals surface area contributed by atoms with E-state index < -0.39 is 12.2 Å². The standard InChI is InChI=1S/C30H32F2N4O3/c1-4-19(14-33-18(2)36-21-10-11-22(36)17-38-16-21)20-9-12-26-34-28-27(35(26)15-20)24(13-30(28,3)37)23-7-5-6-8-25(23)39-29(31)32/h4-9,12,14-15,21-22,24,29,37H,2,10-11,13,16-17H2,1,3H3/b19-4+,33-14-/t21-,22+,24-,30-/m1/s1. The van der Waals surface area contributed by atoms with E-state index in [1.165, 1.54) is 6.07 Å². The topological polar surface area (TPSA) is 71.6 Å². The molecule has 3 aliphatic rings. The average Bonchev–Trinajstić information content (AvgIpc) is 3.51. The van der Waals surface area contributed by atoms with E-state index in [2.05, 4.69) is 11.5 Å². The van der Waals surface area contributed by atoms with Crippen molar-refractivity contribution in [2.24, 2.45) is 4.99 Å². The molecular formula is C30H32F2N4O3. The van der Waals surface area contributed by atoms with E-state index in [0.29, 0.717) is 48.6 Å². The van der Waals surface area contributed by atoms with E-state index in [1.54, 1.807) is 25.1 Å². The van der Waals surface area contributed by atoms with Gasteiger partial charge < -0.3 is 23.9 Å². The van der Waals surface area contributed by atoms with Gasteiger partial charge >= 0.3 is 6.61 Å². The molecule has 0 radical (unpaired) electrons. The molecule has 0 unspecified atom stereocenters. The summed E-state index contributed by atoms with van der Waals surface area (Å²) in [6.07, 6.45) is 8.27. The monoisotopic (exact) mass is 534 g/mol. The highest BCUT2D eigenvalue weighted by Gasteiger charge is 2.44. The van der Waals surface area contributed by atoms with Gasteiger partial charge in [0.1, 0.15) is 22.8 Å². The molecule has 6 rings (SSSR count). The number of para-hydroxylation sites is 1. The van der Waals surface area contributed by atoms with Crippen LogP contribution in [0.15, 0.2) is 66.1 Å². The number of benzene rings is 1. The first-order chi connectivity index (χ1) is 18.8. The van der Waals surface area contributed by atoms with Gasteiger partial charge in [0.2, 0.25) is 0 Å². The molecule has 1 aromatic carbocycles. The van der Waals surface area contributed by atoms with Crippen molar-refractivity contribution in [2.75, 3.05) is 13.2 Å². The number of pyridine rings is 1. The first kappa shape index (κ1) is 25.7. The van der Waals surface area contributed by atoms with Crippen molar-refractivity contribution in [3.05, 3.63) is 83.6 Å². The van der Waals surface area contributed by atoms with E-state index in [4.69, 9.17) is 19.5 Å². The number of imidazole rings is 1. The second-order valence-corrected chi connectivity index (χ2v) is 10.7. The maximum absolute atomic E-state index is 13.2. The van der Waals surface area contributed by atoms with E-state index in [-0.39, 0.29) is 11.7 Å². The Morgan fingerprint density at radius 1 is 1.23 bits per heavy atom. The second-order valence-electron chi connectivity index (χ2n) is 10.7. The molecule has 4 atom stereocenters. The van der Waals surface area contributed by atoms with Crippen molar-refractivity contribution in [2.45, 2.75) is 63.3 Å². The third-order valence-electron chi connectivity index (χ3n) is 8.14. The number of nitrogens with zero attached hydrogens (tertiary/aromatic N) is 4. The number of aliphatic hydroxyl groups is 1. The Bertz CT molecular complexity index is 1460. The van der Waals surface area contributed by atoms with Crippen molar-refractivity contribution in [3.8, 4) is 5.75 Å². The van der Waals surface area contributed by atoms with Crippen LogP contribution in [0.5, 0.6) is 5.75 Å². The number of allylic oxidation sites excluding steroid dienone is 2. The number of ether oxygens (including phenoxy) is 2. The van der Waals surface area contributed by atoms with Crippen LogP contribution in [0.2, 0.25) is 0 Å². The molecule has 2 saturated heterocycles. The van der Waals surface area contributed by atoms with Crippen LogP contribution in [0.25, 0.3) is 11.2 Å². The average molecular weight is 535 g/mol. The molecule has 0 spiro atoms. The molecule has 2 aliphatic heterocycles. The van der Waals surface area contributed by atoms with Gasteiger partial charge in [-0.2, -0.15) is 8.78 Å². The fourth-order valence-corrected chi connectivity index (χ4v) is 6.36. The van der Waals surface area contributed by atoms with Crippen molar-refractivity contribution >= 4 is 17.4 Å². The Hall–Kier alpha value is -3.56. The number of fused-ring (bicyclic) bond motifs is 5. The predicted molar refractivity (Wildman–Crippen MR) is 145 cm³/mol. The molecule has 0 amide bonds. The highest BCUT2D eigenvalue weighted by atomic mass is 19.3. The number of aliphatic imine (C=N–C) groups is 1. The summed E-state index contributed by atoms with van der Waals surface area (Å²) in [6.45, 7) is 6.37. The summed E-state index contributed by atoms with van der Waals surface area (Å²) < 4.78 is 38.8. The Morgan fingerprint density at radius 3 is 2.69 bits per heavy atom. The number of halogens is 2. The largest absolute Gasteiger partial charge is 0.435 e. The van der Waals surface area contributed by atoms with Crippen LogP contribution in [-0.2, 0) is 10.3 Å². The molecule has 0 saturated carbocycles. The SMILES string of the molecule is C=C(/N=C\C(=C/C)c1ccc2nc3c(n2c1)[C@@H](c1ccccc1OC(F)F)C[C@@]3(C)O)N1[C@@H]2CC[C@H]1COC2. The lowest BCUT2D eigenvalue weighted by molar-refractivity contribution is -0.0506. The fourth-order valence-electron chi connectivity index (χ4n) is 6.36. The van der Waals surface area contributed by atoms with Gasteiger partial charge in [-0.05, 0) is 62.4 Å². The molecule has 39 heavy (non-hydrogen) atoms. The maximum atomic E-state index is 13.2. The number of aromatic nitrogens is 2. The number of rotatable bonds is 7. The number of hydrogen-bond donors (Lipinski definition) is 1. The minimum atomic E-state index is -2.94. The molecule has 2 aromatic heterocycles. The van der Waals surface area contributed by atoms with Crippen LogP contribution in [0.1, 0.15) is 61.5 Å². The summed E-state index contributed by atoms with van der Waals surface area (Å²) in [5.41, 5.74) is 3.17. The molecule has 7 nitrogen and oxygen atoms in total. The van der Waals surface area contributed by atoms with Crippen molar-refractivity contribution < 1.29 is 23.4 Å². The molecule has 3 aromatic rings. The summed E-state index contributed by atoms with van der Waals surface area (Å²) >= 11 is 0. The lowest BCUT2D eigenvalue weighted by atomic mass is 9.93. The molecular weight excluding hydrogens is 502 g/mol. The van der Waals surface area contributed by atoms with Crippen molar-refractivity contribution in [1.82, 2.24) is 14.3 Å². The molecule has 9 heteroatoms. The van der Waals surface area contributed by atoms with Gasteiger partial charge in [0.05, 0.1) is 36.7 Å². The smallest absolute Gasteiger partial charge is 0.387 e. The van der Waals surface area contributed by atoms with Gasteiger partial charge in [-0.1, -0.05) is 30.9 Å². The lowest BCUT2D eigenvalue weighted by Gasteiger charge is -2.36. The third kappa shape index (κ3) is 4.53. The Kier molecular flexibility index (Phi) is 6.51. The Labute approximate surface area is 226 Å². The van der Waals surface area contributed by atoms with Gasteiger partial charge in [0.25, 0.3) is 0 Å². The Balaban J connectivity index is 1.36. The molecule has 204 valence electrons. The summed E-state index contributed by atoms with van der Waals surface area (Å²) in [7, 11) is 0.